The first kappa shape index (κ1) is 16.1. The van der Waals surface area contributed by atoms with Crippen LogP contribution in [0.4, 0.5) is 13.2 Å². The average molecular weight is 319 g/mol. The van der Waals surface area contributed by atoms with Crippen molar-refractivity contribution < 1.29 is 13.2 Å². The Morgan fingerprint density at radius 2 is 1.65 bits per heavy atom. The second-order valence-corrected chi connectivity index (χ2v) is 6.18. The molecular weight excluding hydrogens is 299 g/mol. The summed E-state index contributed by atoms with van der Waals surface area (Å²) in [7, 11) is 0. The third-order valence-electron chi connectivity index (χ3n) is 4.46. The number of piperidine rings is 1. The van der Waals surface area contributed by atoms with Crippen molar-refractivity contribution in [2.24, 2.45) is 0 Å². The van der Waals surface area contributed by atoms with Crippen molar-refractivity contribution in [3.8, 4) is 0 Å². The number of hydrogen-bond acceptors (Lipinski definition) is 1. The molecule has 4 heteroatoms. The van der Waals surface area contributed by atoms with Crippen LogP contribution in [0.2, 0.25) is 0 Å². The van der Waals surface area contributed by atoms with Crippen molar-refractivity contribution in [3.05, 3.63) is 71.3 Å². The van der Waals surface area contributed by atoms with Gasteiger partial charge in [-0.15, -0.1) is 0 Å². The Kier molecular flexibility index (Phi) is 4.71. The molecule has 0 N–H and O–H groups in total. The van der Waals surface area contributed by atoms with Crippen molar-refractivity contribution in [3.63, 3.8) is 0 Å². The predicted octanol–water partition coefficient (Wildman–Crippen LogP) is 5.09. The second-order valence-electron chi connectivity index (χ2n) is 6.18. The normalized spacial score (nSPS) is 19.7. The number of hydrogen-bond donors (Lipinski definition) is 0. The van der Waals surface area contributed by atoms with Gasteiger partial charge in [-0.3, -0.25) is 4.90 Å². The smallest absolute Gasteiger partial charge is 0.298 e. The molecule has 0 radical (unpaired) electrons. The van der Waals surface area contributed by atoms with Gasteiger partial charge in [-0.25, -0.2) is 0 Å². The minimum absolute atomic E-state index is 0.513. The van der Waals surface area contributed by atoms with Gasteiger partial charge >= 0.3 is 6.18 Å². The first-order valence-corrected chi connectivity index (χ1v) is 7.96. The van der Waals surface area contributed by atoms with Crippen molar-refractivity contribution in [2.45, 2.75) is 31.5 Å². The Balaban J connectivity index is 1.64. The molecule has 122 valence electrons. The van der Waals surface area contributed by atoms with Crippen molar-refractivity contribution in [1.29, 1.82) is 0 Å². The Morgan fingerprint density at radius 1 is 0.957 bits per heavy atom. The van der Waals surface area contributed by atoms with E-state index in [0.29, 0.717) is 12.5 Å². The Morgan fingerprint density at radius 3 is 2.30 bits per heavy atom. The molecule has 1 fully saturated rings. The van der Waals surface area contributed by atoms with Gasteiger partial charge < -0.3 is 0 Å². The number of halogens is 3. The highest BCUT2D eigenvalue weighted by molar-refractivity contribution is 5.25. The molecule has 23 heavy (non-hydrogen) atoms. The van der Waals surface area contributed by atoms with Gasteiger partial charge in [-0.1, -0.05) is 42.5 Å². The van der Waals surface area contributed by atoms with E-state index in [1.165, 1.54) is 24.1 Å². The molecule has 3 rings (SSSR count). The highest BCUT2D eigenvalue weighted by atomic mass is 19.4. The van der Waals surface area contributed by atoms with E-state index in [0.717, 1.165) is 25.1 Å². The average Bonchev–Trinajstić information content (AvgIpc) is 2.56. The molecule has 0 saturated carbocycles. The zero-order valence-electron chi connectivity index (χ0n) is 12.9. The molecular formula is C19H20F3N. The van der Waals surface area contributed by atoms with Gasteiger partial charge in [-0.2, -0.15) is 13.2 Å². The maximum Gasteiger partial charge on any atom is 0.416 e. The molecule has 2 aromatic carbocycles. The maximum atomic E-state index is 12.6. The molecule has 1 aliphatic heterocycles. The quantitative estimate of drug-likeness (QED) is 0.762. The summed E-state index contributed by atoms with van der Waals surface area (Å²) in [4.78, 5) is 2.34. The topological polar surface area (TPSA) is 3.24 Å². The largest absolute Gasteiger partial charge is 0.416 e. The van der Waals surface area contributed by atoms with Gasteiger partial charge in [0.1, 0.15) is 0 Å². The molecule has 2 aromatic rings. The van der Waals surface area contributed by atoms with Crippen LogP contribution < -0.4 is 0 Å². The predicted molar refractivity (Wildman–Crippen MR) is 85.1 cm³/mol. The molecule has 1 atom stereocenters. The van der Waals surface area contributed by atoms with Crippen LogP contribution in [-0.4, -0.2) is 18.0 Å². The van der Waals surface area contributed by atoms with E-state index < -0.39 is 11.7 Å². The standard InChI is InChI=1S/C19H20F3N/c20-19(21,22)18-10-8-15(9-11-18)13-23-12-4-7-17(14-23)16-5-2-1-3-6-16/h1-3,5-6,8-11,17H,4,7,12-14H2. The fourth-order valence-electron chi connectivity index (χ4n) is 3.25. The van der Waals surface area contributed by atoms with E-state index in [4.69, 9.17) is 0 Å². The summed E-state index contributed by atoms with van der Waals surface area (Å²) in [6.45, 7) is 2.68. The third-order valence-corrected chi connectivity index (χ3v) is 4.46. The maximum absolute atomic E-state index is 12.6. The van der Waals surface area contributed by atoms with E-state index in [9.17, 15) is 13.2 Å². The zero-order valence-corrected chi connectivity index (χ0v) is 12.9. The summed E-state index contributed by atoms with van der Waals surface area (Å²) in [5.74, 6) is 0.513. The summed E-state index contributed by atoms with van der Waals surface area (Å²) in [6.07, 6.45) is -1.96. The first-order chi connectivity index (χ1) is 11.0. The minimum atomic E-state index is -4.26. The van der Waals surface area contributed by atoms with Gasteiger partial charge in [0.2, 0.25) is 0 Å². The van der Waals surface area contributed by atoms with Crippen molar-refractivity contribution in [1.82, 2.24) is 4.90 Å². The van der Waals surface area contributed by atoms with Crippen LogP contribution in [0.3, 0.4) is 0 Å². The van der Waals surface area contributed by atoms with Gasteiger partial charge in [0.15, 0.2) is 0 Å². The van der Waals surface area contributed by atoms with E-state index in [-0.39, 0.29) is 0 Å². The summed E-state index contributed by atoms with van der Waals surface area (Å²) >= 11 is 0. The molecule has 0 aromatic heterocycles. The van der Waals surface area contributed by atoms with E-state index in [2.05, 4.69) is 29.2 Å². The van der Waals surface area contributed by atoms with Crippen LogP contribution in [0.25, 0.3) is 0 Å². The molecule has 0 amide bonds. The molecule has 1 nitrogen and oxygen atoms in total. The lowest BCUT2D eigenvalue weighted by Crippen LogP contribution is -2.33. The van der Waals surface area contributed by atoms with Crippen molar-refractivity contribution in [2.75, 3.05) is 13.1 Å². The SMILES string of the molecule is FC(F)(F)c1ccc(CN2CCCC(c3ccccc3)C2)cc1. The summed E-state index contributed by atoms with van der Waals surface area (Å²) < 4.78 is 37.8. The van der Waals surface area contributed by atoms with Gasteiger partial charge in [0.25, 0.3) is 0 Å². The van der Waals surface area contributed by atoms with Crippen LogP contribution in [0.15, 0.2) is 54.6 Å². The highest BCUT2D eigenvalue weighted by Gasteiger charge is 2.30. The van der Waals surface area contributed by atoms with Crippen LogP contribution >= 0.6 is 0 Å². The monoisotopic (exact) mass is 319 g/mol. The molecule has 1 aliphatic rings. The first-order valence-electron chi connectivity index (χ1n) is 7.96. The number of alkyl halides is 3. The molecule has 1 unspecified atom stereocenters. The highest BCUT2D eigenvalue weighted by Crippen LogP contribution is 2.30. The number of nitrogens with zero attached hydrogens (tertiary/aromatic N) is 1. The lowest BCUT2D eigenvalue weighted by molar-refractivity contribution is -0.137. The summed E-state index contributed by atoms with van der Waals surface area (Å²) in [6, 6.07) is 16.0. The van der Waals surface area contributed by atoms with E-state index >= 15 is 0 Å². The Hall–Kier alpha value is -1.81. The van der Waals surface area contributed by atoms with Crippen LogP contribution in [0.1, 0.15) is 35.4 Å². The molecule has 1 saturated heterocycles. The number of likely N-dealkylation sites (tertiary alicyclic amines) is 1. The van der Waals surface area contributed by atoms with Gasteiger partial charge in [-0.05, 0) is 48.6 Å². The van der Waals surface area contributed by atoms with E-state index in [1.54, 1.807) is 12.1 Å². The molecule has 0 spiro atoms. The van der Waals surface area contributed by atoms with Crippen LogP contribution in [0, 0.1) is 0 Å². The van der Waals surface area contributed by atoms with Crippen LogP contribution in [-0.2, 0) is 12.7 Å². The number of rotatable bonds is 3. The fraction of sp³-hybridized carbons (Fsp3) is 0.368. The Bertz CT molecular complexity index is 619. The van der Waals surface area contributed by atoms with Crippen LogP contribution in [0.5, 0.6) is 0 Å². The summed E-state index contributed by atoms with van der Waals surface area (Å²) in [5.41, 5.74) is 1.71. The Labute approximate surface area is 134 Å². The summed E-state index contributed by atoms with van der Waals surface area (Å²) in [5, 5.41) is 0. The molecule has 0 bridgehead atoms. The minimum Gasteiger partial charge on any atom is -0.298 e. The second kappa shape index (κ2) is 6.75. The van der Waals surface area contributed by atoms with Gasteiger partial charge in [0, 0.05) is 13.1 Å². The zero-order chi connectivity index (χ0) is 16.3. The van der Waals surface area contributed by atoms with Crippen molar-refractivity contribution >= 4 is 0 Å². The number of benzene rings is 2. The fourth-order valence-corrected chi connectivity index (χ4v) is 3.25. The van der Waals surface area contributed by atoms with E-state index in [1.807, 2.05) is 6.07 Å². The van der Waals surface area contributed by atoms with Gasteiger partial charge in [0.05, 0.1) is 5.56 Å². The lowest BCUT2D eigenvalue weighted by atomic mass is 9.90. The third kappa shape index (κ3) is 4.14. The molecule has 1 heterocycles. The lowest BCUT2D eigenvalue weighted by Gasteiger charge is -2.33. The molecule has 0 aliphatic carbocycles.